The summed E-state index contributed by atoms with van der Waals surface area (Å²) in [4.78, 5) is 23.0. The molecule has 1 aliphatic carbocycles. The second kappa shape index (κ2) is 7.92. The van der Waals surface area contributed by atoms with E-state index in [1.807, 2.05) is 32.9 Å². The lowest BCUT2D eigenvalue weighted by molar-refractivity contribution is -0.384. The quantitative estimate of drug-likeness (QED) is 0.452. The van der Waals surface area contributed by atoms with Gasteiger partial charge < -0.3 is 4.74 Å². The summed E-state index contributed by atoms with van der Waals surface area (Å²) in [5.41, 5.74) is 4.00. The first kappa shape index (κ1) is 18.6. The molecule has 0 heterocycles. The highest BCUT2D eigenvalue weighted by atomic mass is 16.6. The zero-order chi connectivity index (χ0) is 18.6. The molecule has 2 atom stereocenters. The molecule has 1 aromatic carbocycles. The molecular formula is C20H23NO4. The summed E-state index contributed by atoms with van der Waals surface area (Å²) in [6, 6.07) is 6.39. The molecule has 5 heteroatoms. The summed E-state index contributed by atoms with van der Waals surface area (Å²) in [5, 5.41) is 10.9. The highest BCUT2D eigenvalue weighted by Gasteiger charge is 2.31. The van der Waals surface area contributed by atoms with Gasteiger partial charge in [-0.2, -0.15) is 0 Å². The van der Waals surface area contributed by atoms with E-state index in [4.69, 9.17) is 4.74 Å². The standard InChI is InChI=1S/C20H23NO4/c1-5-25-20(22)18-12-14(3)10-13(2)11-15(4)19(18)16-6-8-17(9-7-16)21(23)24/h6-12,18-19H,5H2,1-4H3/b13-10-,14-12-,15-11-/t18-,19+/m1/s1. The molecule has 0 fully saturated rings. The first-order valence-corrected chi connectivity index (χ1v) is 8.29. The van der Waals surface area contributed by atoms with Crippen LogP contribution >= 0.6 is 0 Å². The molecule has 0 bridgehead atoms. The Balaban J connectivity index is 2.55. The van der Waals surface area contributed by atoms with Gasteiger partial charge in [0.05, 0.1) is 17.4 Å². The third kappa shape index (κ3) is 4.44. The lowest BCUT2D eigenvalue weighted by atomic mass is 9.78. The number of carbonyl (C=O) groups is 1. The normalized spacial score (nSPS) is 26.8. The van der Waals surface area contributed by atoms with E-state index in [1.165, 1.54) is 12.1 Å². The maximum absolute atomic E-state index is 12.6. The first-order chi connectivity index (χ1) is 11.8. The van der Waals surface area contributed by atoms with Crippen LogP contribution < -0.4 is 0 Å². The number of hydrogen-bond donors (Lipinski definition) is 0. The van der Waals surface area contributed by atoms with Crippen molar-refractivity contribution in [2.75, 3.05) is 6.61 Å². The highest BCUT2D eigenvalue weighted by molar-refractivity contribution is 5.77. The van der Waals surface area contributed by atoms with E-state index in [9.17, 15) is 14.9 Å². The van der Waals surface area contributed by atoms with Crippen molar-refractivity contribution in [2.24, 2.45) is 5.92 Å². The predicted molar refractivity (Wildman–Crippen MR) is 97.2 cm³/mol. The summed E-state index contributed by atoms with van der Waals surface area (Å²) in [6.45, 7) is 8.04. The summed E-state index contributed by atoms with van der Waals surface area (Å²) in [5.74, 6) is -0.980. The lowest BCUT2D eigenvalue weighted by Gasteiger charge is -2.26. The Morgan fingerprint density at radius 1 is 1.12 bits per heavy atom. The molecule has 0 unspecified atom stereocenters. The maximum Gasteiger partial charge on any atom is 0.313 e. The molecule has 1 aliphatic rings. The van der Waals surface area contributed by atoms with E-state index in [0.29, 0.717) is 6.61 Å². The zero-order valence-corrected chi connectivity index (χ0v) is 15.0. The molecule has 0 N–H and O–H groups in total. The molecule has 0 saturated carbocycles. The van der Waals surface area contributed by atoms with Gasteiger partial charge in [0, 0.05) is 18.1 Å². The molecule has 25 heavy (non-hydrogen) atoms. The fourth-order valence-corrected chi connectivity index (χ4v) is 3.28. The van der Waals surface area contributed by atoms with Gasteiger partial charge in [-0.1, -0.05) is 47.1 Å². The molecule has 0 spiro atoms. The van der Waals surface area contributed by atoms with Crippen molar-refractivity contribution < 1.29 is 14.5 Å². The fourth-order valence-electron chi connectivity index (χ4n) is 3.28. The Labute approximate surface area is 147 Å². The number of esters is 1. The Morgan fingerprint density at radius 3 is 2.32 bits per heavy atom. The molecule has 5 nitrogen and oxygen atoms in total. The van der Waals surface area contributed by atoms with Crippen LogP contribution in [0.5, 0.6) is 0 Å². The maximum atomic E-state index is 12.6. The van der Waals surface area contributed by atoms with Gasteiger partial charge in [0.25, 0.3) is 5.69 Å². The summed E-state index contributed by atoms with van der Waals surface area (Å²) in [7, 11) is 0. The number of nitro benzene ring substituents is 1. The van der Waals surface area contributed by atoms with Gasteiger partial charge in [0.1, 0.15) is 0 Å². The molecule has 0 amide bonds. The topological polar surface area (TPSA) is 69.4 Å². The average Bonchev–Trinajstić information content (AvgIpc) is 2.53. The van der Waals surface area contributed by atoms with Crippen molar-refractivity contribution >= 4 is 11.7 Å². The third-order valence-electron chi connectivity index (χ3n) is 4.22. The number of ether oxygens (including phenoxy) is 1. The summed E-state index contributed by atoms with van der Waals surface area (Å²) < 4.78 is 5.28. The van der Waals surface area contributed by atoms with Gasteiger partial charge >= 0.3 is 5.97 Å². The number of benzene rings is 1. The molecule has 1 aromatic rings. The fraction of sp³-hybridized carbons (Fsp3) is 0.350. The predicted octanol–water partition coefficient (Wildman–Crippen LogP) is 4.71. The molecule has 2 rings (SSSR count). The van der Waals surface area contributed by atoms with E-state index < -0.39 is 10.8 Å². The van der Waals surface area contributed by atoms with Crippen LogP contribution in [0.2, 0.25) is 0 Å². The van der Waals surface area contributed by atoms with Crippen LogP contribution in [0.15, 0.2) is 59.2 Å². The minimum Gasteiger partial charge on any atom is -0.466 e. The van der Waals surface area contributed by atoms with Gasteiger partial charge in [-0.05, 0) is 33.3 Å². The van der Waals surface area contributed by atoms with E-state index in [0.717, 1.165) is 22.3 Å². The van der Waals surface area contributed by atoms with Gasteiger partial charge in [-0.15, -0.1) is 0 Å². The van der Waals surface area contributed by atoms with Crippen LogP contribution in [-0.4, -0.2) is 17.5 Å². The molecule has 0 saturated heterocycles. The number of rotatable bonds is 4. The lowest BCUT2D eigenvalue weighted by Crippen LogP contribution is -2.25. The van der Waals surface area contributed by atoms with Crippen LogP contribution in [0, 0.1) is 16.0 Å². The van der Waals surface area contributed by atoms with Gasteiger partial charge in [0.15, 0.2) is 0 Å². The number of carbonyl (C=O) groups excluding carboxylic acids is 1. The Bertz CT molecular complexity index is 756. The molecule has 132 valence electrons. The second-order valence-electron chi connectivity index (χ2n) is 6.29. The number of non-ortho nitro benzene ring substituents is 1. The van der Waals surface area contributed by atoms with Crippen molar-refractivity contribution in [1.29, 1.82) is 0 Å². The zero-order valence-electron chi connectivity index (χ0n) is 15.0. The minimum absolute atomic E-state index is 0.0340. The summed E-state index contributed by atoms with van der Waals surface area (Å²) in [6.07, 6.45) is 6.00. The van der Waals surface area contributed by atoms with Crippen LogP contribution in [0.1, 0.15) is 39.2 Å². The molecule has 0 aliphatic heterocycles. The number of nitrogens with zero attached hydrogens (tertiary/aromatic N) is 1. The van der Waals surface area contributed by atoms with E-state index in [-0.39, 0.29) is 17.6 Å². The average molecular weight is 341 g/mol. The van der Waals surface area contributed by atoms with Crippen molar-refractivity contribution in [2.45, 2.75) is 33.6 Å². The molecular weight excluding hydrogens is 318 g/mol. The largest absolute Gasteiger partial charge is 0.466 e. The Morgan fingerprint density at radius 2 is 1.76 bits per heavy atom. The number of nitro groups is 1. The number of allylic oxidation sites excluding steroid dienone is 5. The highest BCUT2D eigenvalue weighted by Crippen LogP contribution is 2.37. The molecule has 0 radical (unpaired) electrons. The SMILES string of the molecule is CCOC(=O)[C@@H]1\C=C(C)/C=C(C)\C=C(\C)[C@H]1c1ccc([N+](=O)[O-])cc1. The van der Waals surface area contributed by atoms with Gasteiger partial charge in [-0.3, -0.25) is 14.9 Å². The van der Waals surface area contributed by atoms with E-state index in [1.54, 1.807) is 19.1 Å². The monoisotopic (exact) mass is 341 g/mol. The van der Waals surface area contributed by atoms with Crippen LogP contribution in [0.25, 0.3) is 0 Å². The molecule has 0 aromatic heterocycles. The van der Waals surface area contributed by atoms with Crippen molar-refractivity contribution in [1.82, 2.24) is 0 Å². The second-order valence-corrected chi connectivity index (χ2v) is 6.29. The van der Waals surface area contributed by atoms with Crippen molar-refractivity contribution in [3.63, 3.8) is 0 Å². The Hall–Kier alpha value is -2.69. The van der Waals surface area contributed by atoms with Crippen molar-refractivity contribution in [3.8, 4) is 0 Å². The Kier molecular flexibility index (Phi) is 5.91. The van der Waals surface area contributed by atoms with Gasteiger partial charge in [-0.25, -0.2) is 0 Å². The van der Waals surface area contributed by atoms with E-state index in [2.05, 4.69) is 6.08 Å². The first-order valence-electron chi connectivity index (χ1n) is 8.29. The summed E-state index contributed by atoms with van der Waals surface area (Å²) >= 11 is 0. The van der Waals surface area contributed by atoms with E-state index >= 15 is 0 Å². The third-order valence-corrected chi connectivity index (χ3v) is 4.22. The van der Waals surface area contributed by atoms with Crippen LogP contribution in [0.3, 0.4) is 0 Å². The van der Waals surface area contributed by atoms with Crippen molar-refractivity contribution in [3.05, 3.63) is 74.9 Å². The number of hydrogen-bond acceptors (Lipinski definition) is 4. The minimum atomic E-state index is -0.470. The van der Waals surface area contributed by atoms with Crippen LogP contribution in [-0.2, 0) is 9.53 Å². The smallest absolute Gasteiger partial charge is 0.313 e. The van der Waals surface area contributed by atoms with Gasteiger partial charge in [0.2, 0.25) is 0 Å². The van der Waals surface area contributed by atoms with Crippen LogP contribution in [0.4, 0.5) is 5.69 Å².